The third-order valence-corrected chi connectivity index (χ3v) is 15.8. The number of nitrogens with zero attached hydrogens (tertiary/aromatic N) is 7. The molecule has 0 aliphatic rings. The largest absolute Gasteiger partial charge is 0.309 e. The Balaban J connectivity index is 1.06. The number of pyridine rings is 4. The number of hydrogen-bond acceptors (Lipinski definition) is 4. The molecule has 0 unspecified atom stereocenters. The van der Waals surface area contributed by atoms with Crippen molar-refractivity contribution in [3.8, 4) is 61.8 Å². The topological polar surface area (TPSA) is 65.3 Å². The third-order valence-electron chi connectivity index (χ3n) is 15.8. The zero-order valence-electron chi connectivity index (χ0n) is 40.1. The number of hydrogen-bond donors (Lipinski definition) is 0. The number of rotatable bonds is 6. The van der Waals surface area contributed by atoms with Crippen LogP contribution in [0.4, 0.5) is 0 Å². The Labute approximate surface area is 428 Å². The highest BCUT2D eigenvalue weighted by Crippen LogP contribution is 2.50. The molecule has 0 bridgehead atoms. The van der Waals surface area contributed by atoms with Gasteiger partial charge in [-0.25, -0.2) is 9.97 Å². The predicted octanol–water partition coefficient (Wildman–Crippen LogP) is 17.0. The van der Waals surface area contributed by atoms with Gasteiger partial charge < -0.3 is 13.4 Å². The average Bonchev–Trinajstić information content (AvgIpc) is 4.36. The van der Waals surface area contributed by atoms with Crippen LogP contribution in [0.3, 0.4) is 0 Å². The minimum atomic E-state index is 0.921. The molecule has 0 saturated heterocycles. The van der Waals surface area contributed by atoms with Gasteiger partial charge in [-0.2, -0.15) is 0 Å². The summed E-state index contributed by atoms with van der Waals surface area (Å²) in [6.45, 7) is 0. The second kappa shape index (κ2) is 15.1. The van der Waals surface area contributed by atoms with Crippen molar-refractivity contribution in [3.05, 3.63) is 237 Å². The molecule has 17 rings (SSSR count). The van der Waals surface area contributed by atoms with Crippen molar-refractivity contribution in [2.24, 2.45) is 0 Å². The number of fused-ring (bicyclic) bond motifs is 15. The van der Waals surface area contributed by atoms with Gasteiger partial charge in [0.05, 0.1) is 90.3 Å². The Morgan fingerprint density at radius 3 is 1.09 bits per heavy atom. The summed E-state index contributed by atoms with van der Waals surface area (Å²) >= 11 is 0. The third kappa shape index (κ3) is 5.63. The van der Waals surface area contributed by atoms with Gasteiger partial charge >= 0.3 is 0 Å². The number of aromatic nitrogens is 7. The van der Waals surface area contributed by atoms with E-state index in [0.29, 0.717) is 0 Å². The zero-order valence-corrected chi connectivity index (χ0v) is 40.1. The van der Waals surface area contributed by atoms with E-state index < -0.39 is 0 Å². The van der Waals surface area contributed by atoms with Crippen molar-refractivity contribution in [1.29, 1.82) is 0 Å². The lowest BCUT2D eigenvalue weighted by Gasteiger charge is -2.13. The van der Waals surface area contributed by atoms with Crippen LogP contribution in [0.25, 0.3) is 160 Å². The molecular formula is C68H39N7. The van der Waals surface area contributed by atoms with E-state index in [0.717, 1.165) is 138 Å². The molecule has 7 heteroatoms. The van der Waals surface area contributed by atoms with E-state index >= 15 is 0 Å². The minimum Gasteiger partial charge on any atom is -0.309 e. The van der Waals surface area contributed by atoms with Crippen LogP contribution in [0, 0.1) is 0 Å². The summed E-state index contributed by atoms with van der Waals surface area (Å²) in [5.41, 5.74) is 21.8. The van der Waals surface area contributed by atoms with Gasteiger partial charge in [0.15, 0.2) is 0 Å². The smallest absolute Gasteiger partial charge is 0.0977 e. The molecule has 9 aromatic heterocycles. The molecular weight excluding hydrogens is 915 g/mol. The maximum Gasteiger partial charge on any atom is 0.0977 e. The van der Waals surface area contributed by atoms with Crippen LogP contribution in [-0.4, -0.2) is 33.3 Å². The molecule has 7 nitrogen and oxygen atoms in total. The average molecular weight is 954 g/mol. The Kier molecular flexibility index (Phi) is 8.15. The van der Waals surface area contributed by atoms with Crippen LogP contribution in [0.15, 0.2) is 237 Å². The van der Waals surface area contributed by atoms with Crippen molar-refractivity contribution in [3.63, 3.8) is 0 Å². The molecule has 346 valence electrons. The lowest BCUT2D eigenvalue weighted by atomic mass is 9.97. The molecule has 0 aliphatic carbocycles. The zero-order chi connectivity index (χ0) is 48.9. The van der Waals surface area contributed by atoms with Gasteiger partial charge in [0.25, 0.3) is 0 Å². The Bertz CT molecular complexity index is 4840. The number of para-hydroxylation sites is 2. The van der Waals surface area contributed by atoms with Gasteiger partial charge in [-0.3, -0.25) is 9.97 Å². The number of benzene rings is 8. The lowest BCUT2D eigenvalue weighted by Crippen LogP contribution is -1.95. The van der Waals surface area contributed by atoms with Gasteiger partial charge in [-0.05, 0) is 60.2 Å². The van der Waals surface area contributed by atoms with Crippen LogP contribution in [0.2, 0.25) is 0 Å². The van der Waals surface area contributed by atoms with Crippen molar-refractivity contribution in [2.75, 3.05) is 0 Å². The summed E-state index contributed by atoms with van der Waals surface area (Å²) in [6, 6.07) is 80.2. The van der Waals surface area contributed by atoms with Crippen molar-refractivity contribution >= 4 is 98.3 Å². The molecule has 0 radical (unpaired) electrons. The van der Waals surface area contributed by atoms with E-state index in [4.69, 9.17) is 19.9 Å². The molecule has 0 amide bonds. The van der Waals surface area contributed by atoms with E-state index in [2.05, 4.69) is 250 Å². The first-order chi connectivity index (χ1) is 37.2. The van der Waals surface area contributed by atoms with Gasteiger partial charge in [-0.1, -0.05) is 170 Å². The Hall–Kier alpha value is -10.2. The van der Waals surface area contributed by atoms with Crippen molar-refractivity contribution in [2.45, 2.75) is 0 Å². The molecule has 0 atom stereocenters. The molecule has 9 heterocycles. The Morgan fingerprint density at radius 1 is 0.267 bits per heavy atom. The van der Waals surface area contributed by atoms with Crippen molar-refractivity contribution < 1.29 is 0 Å². The maximum atomic E-state index is 5.68. The molecule has 8 aromatic carbocycles. The van der Waals surface area contributed by atoms with E-state index in [9.17, 15) is 0 Å². The highest BCUT2D eigenvalue weighted by atomic mass is 15.0. The van der Waals surface area contributed by atoms with Gasteiger partial charge in [0.2, 0.25) is 0 Å². The molecule has 17 aromatic rings. The monoisotopic (exact) mass is 953 g/mol. The van der Waals surface area contributed by atoms with Crippen LogP contribution in [0.5, 0.6) is 0 Å². The minimum absolute atomic E-state index is 0.921. The highest BCUT2D eigenvalue weighted by molar-refractivity contribution is 6.32. The first-order valence-electron chi connectivity index (χ1n) is 25.5. The molecule has 0 aliphatic heterocycles. The quantitative estimate of drug-likeness (QED) is 0.167. The first-order valence-corrected chi connectivity index (χ1v) is 25.5. The molecule has 75 heavy (non-hydrogen) atoms. The molecule has 0 fully saturated rings. The Morgan fingerprint density at radius 2 is 0.653 bits per heavy atom. The first kappa shape index (κ1) is 40.4. The lowest BCUT2D eigenvalue weighted by molar-refractivity contribution is 1.18. The summed E-state index contributed by atoms with van der Waals surface area (Å²) < 4.78 is 7.30. The molecule has 0 N–H and O–H groups in total. The van der Waals surface area contributed by atoms with E-state index in [1.54, 1.807) is 0 Å². The summed E-state index contributed by atoms with van der Waals surface area (Å²) in [5.74, 6) is 0. The summed E-state index contributed by atoms with van der Waals surface area (Å²) in [6.07, 6.45) is 4.14. The van der Waals surface area contributed by atoms with Gasteiger partial charge in [0, 0.05) is 76.6 Å². The summed E-state index contributed by atoms with van der Waals surface area (Å²) in [7, 11) is 0. The fourth-order valence-electron chi connectivity index (χ4n) is 12.5. The SMILES string of the molecule is c1ccc(-c2cc3c4cc(-c5ccccc5)nc5c6cc7c8nc(-c9ccccc9)cc9c%10cc(-c%11ccccc%11)ncc%10n(c7c(-c7ccc(-n%10c%11ccccc%11c%11ccccc%11%10)cc7)c6n(c3cn2)c45)c98)cc1. The fraction of sp³-hybridized carbons (Fsp3) is 0. The predicted molar refractivity (Wildman–Crippen MR) is 308 cm³/mol. The van der Waals surface area contributed by atoms with Crippen LogP contribution >= 0.6 is 0 Å². The van der Waals surface area contributed by atoms with Gasteiger partial charge in [0.1, 0.15) is 0 Å². The molecule has 0 saturated carbocycles. The summed E-state index contributed by atoms with van der Waals surface area (Å²) in [5, 5.41) is 9.10. The van der Waals surface area contributed by atoms with Gasteiger partial charge in [-0.15, -0.1) is 0 Å². The van der Waals surface area contributed by atoms with E-state index in [-0.39, 0.29) is 0 Å². The second-order valence-electron chi connectivity index (χ2n) is 19.8. The highest BCUT2D eigenvalue weighted by Gasteiger charge is 2.30. The normalized spacial score (nSPS) is 12.3. The van der Waals surface area contributed by atoms with E-state index in [1.165, 1.54) is 21.8 Å². The van der Waals surface area contributed by atoms with Crippen LogP contribution in [0.1, 0.15) is 0 Å². The van der Waals surface area contributed by atoms with Crippen LogP contribution < -0.4 is 0 Å². The second-order valence-corrected chi connectivity index (χ2v) is 19.8. The van der Waals surface area contributed by atoms with Crippen molar-refractivity contribution in [1.82, 2.24) is 33.3 Å². The maximum absolute atomic E-state index is 5.68. The van der Waals surface area contributed by atoms with E-state index in [1.807, 2.05) is 0 Å². The van der Waals surface area contributed by atoms with Crippen LogP contribution in [-0.2, 0) is 0 Å². The fourth-order valence-corrected chi connectivity index (χ4v) is 12.5. The molecule has 0 spiro atoms. The summed E-state index contributed by atoms with van der Waals surface area (Å²) in [4.78, 5) is 21.8. The standard InChI is InChI=1S/C68H39N7/c1-5-17-40(18-6-1)54-34-48-50-36-56(42-21-9-3-10-22-42)71-63-52-33-53-64-68-51(37-57(72-64)43-23-11-4-12-24-43)49-35-55(41-19-7-2-8-20-41)70-39-61(49)75(68)66(53)62(65(52)74(67(50)63)60(48)38-69-54)44-29-31-45(32-30-44)73-58-27-15-13-25-46(58)47-26-14-16-28-59(47)73/h1-39H.